The molecule has 1 aromatic rings. The van der Waals surface area contributed by atoms with Gasteiger partial charge in [0.1, 0.15) is 12.4 Å². The Labute approximate surface area is 155 Å². The molecule has 0 heterocycles. The summed E-state index contributed by atoms with van der Waals surface area (Å²) in [6.07, 6.45) is 2.15. The maximum absolute atomic E-state index is 12.8. The van der Waals surface area contributed by atoms with E-state index in [-0.39, 0.29) is 30.1 Å². The van der Waals surface area contributed by atoms with Crippen molar-refractivity contribution in [1.82, 2.24) is 4.90 Å². The highest BCUT2D eigenvalue weighted by Crippen LogP contribution is 2.28. The van der Waals surface area contributed by atoms with Crippen LogP contribution in [0.15, 0.2) is 30.3 Å². The van der Waals surface area contributed by atoms with Crippen LogP contribution < -0.4 is 0 Å². The topological polar surface area (TPSA) is 55.8 Å². The molecule has 0 saturated carbocycles. The fraction of sp³-hybridized carbons (Fsp3) is 0.556. The molecule has 25 heavy (non-hydrogen) atoms. The Bertz CT molecular complexity index is 529. The molecule has 5 nitrogen and oxygen atoms in total. The molecule has 7 heteroatoms. The van der Waals surface area contributed by atoms with Gasteiger partial charge in [0.25, 0.3) is 0 Å². The van der Waals surface area contributed by atoms with Gasteiger partial charge in [-0.1, -0.05) is 37.3 Å². The molecule has 1 amide bonds. The van der Waals surface area contributed by atoms with E-state index in [1.807, 2.05) is 44.2 Å². The molecule has 140 valence electrons. The van der Waals surface area contributed by atoms with E-state index in [2.05, 4.69) is 18.9 Å². The van der Waals surface area contributed by atoms with E-state index in [9.17, 15) is 9.59 Å². The second kappa shape index (κ2) is 11.7. The molecule has 0 aliphatic carbocycles. The predicted octanol–water partition coefficient (Wildman–Crippen LogP) is 3.56. The molecule has 6 atom stereocenters. The van der Waals surface area contributed by atoms with Crippen molar-refractivity contribution in [3.63, 3.8) is 0 Å². The number of carbonyl (C=O) groups excluding carboxylic acids is 2. The summed E-state index contributed by atoms with van der Waals surface area (Å²) in [6, 6.07) is 9.72. The number of aldehydes is 1. The summed E-state index contributed by atoms with van der Waals surface area (Å²) in [6.45, 7) is 3.87. The lowest BCUT2D eigenvalue weighted by Gasteiger charge is -2.33. The Balaban J connectivity index is 2.73. The van der Waals surface area contributed by atoms with E-state index in [4.69, 9.17) is 9.05 Å². The average Bonchev–Trinajstić information content (AvgIpc) is 2.64. The van der Waals surface area contributed by atoms with Gasteiger partial charge in [0.2, 0.25) is 5.91 Å². The molecule has 0 aliphatic rings. The summed E-state index contributed by atoms with van der Waals surface area (Å²) >= 11 is 0. The molecule has 0 N–H and O–H groups in total. The third kappa shape index (κ3) is 6.75. The van der Waals surface area contributed by atoms with Gasteiger partial charge in [0.15, 0.2) is 0 Å². The lowest BCUT2D eigenvalue weighted by Crippen LogP contribution is -2.42. The smallest absolute Gasteiger partial charge is 0.225 e. The minimum absolute atomic E-state index is 0.0358. The first kappa shape index (κ1) is 22.2. The van der Waals surface area contributed by atoms with Gasteiger partial charge in [-0.2, -0.15) is 0 Å². The third-order valence-electron chi connectivity index (χ3n) is 4.51. The lowest BCUT2D eigenvalue weighted by atomic mass is 9.97. The number of likely N-dealkylation sites (N-methyl/N-ethyl adjacent to an activating group) is 1. The molecule has 0 spiro atoms. The zero-order valence-electron chi connectivity index (χ0n) is 15.1. The Morgan fingerprint density at radius 1 is 1.20 bits per heavy atom. The Morgan fingerprint density at radius 3 is 2.36 bits per heavy atom. The molecule has 0 saturated heterocycles. The second-order valence-electron chi connectivity index (χ2n) is 6.30. The molecular weight excluding hydrogens is 356 g/mol. The van der Waals surface area contributed by atoms with Crippen LogP contribution in [0.1, 0.15) is 44.8 Å². The maximum Gasteiger partial charge on any atom is 0.225 e. The van der Waals surface area contributed by atoms with Crippen molar-refractivity contribution >= 4 is 31.1 Å². The Morgan fingerprint density at radius 2 is 1.84 bits per heavy atom. The van der Waals surface area contributed by atoms with Crippen LogP contribution >= 0.6 is 18.9 Å². The number of hydrogen-bond donors (Lipinski definition) is 0. The van der Waals surface area contributed by atoms with E-state index in [0.717, 1.165) is 11.8 Å². The number of amides is 1. The fourth-order valence-electron chi connectivity index (χ4n) is 2.86. The van der Waals surface area contributed by atoms with Crippen molar-refractivity contribution in [2.75, 3.05) is 7.05 Å². The SMILES string of the molecule is CC(C[C@@H](CCC=O)OP)C(=O)N(C)[C@H](C)[C@H](OP)c1ccccc1. The number of rotatable bonds is 11. The van der Waals surface area contributed by atoms with E-state index >= 15 is 0 Å². The van der Waals surface area contributed by atoms with Crippen molar-refractivity contribution in [3.05, 3.63) is 35.9 Å². The van der Waals surface area contributed by atoms with Crippen LogP contribution in [0.3, 0.4) is 0 Å². The summed E-state index contributed by atoms with van der Waals surface area (Å²) in [5, 5.41) is 0. The molecule has 0 aliphatic heterocycles. The highest BCUT2D eigenvalue weighted by atomic mass is 31.0. The first-order valence-electron chi connectivity index (χ1n) is 8.42. The van der Waals surface area contributed by atoms with Crippen LogP contribution in [0.5, 0.6) is 0 Å². The summed E-state index contributed by atoms with van der Waals surface area (Å²) < 4.78 is 10.9. The number of hydrogen-bond acceptors (Lipinski definition) is 4. The quantitative estimate of drug-likeness (QED) is 0.432. The van der Waals surface area contributed by atoms with Crippen LogP contribution in [0, 0.1) is 5.92 Å². The third-order valence-corrected chi connectivity index (χ3v) is 5.19. The van der Waals surface area contributed by atoms with E-state index in [0.29, 0.717) is 19.3 Å². The first-order chi connectivity index (χ1) is 12.0. The molecule has 3 unspecified atom stereocenters. The van der Waals surface area contributed by atoms with E-state index in [1.165, 1.54) is 0 Å². The second-order valence-corrected chi connectivity index (χ2v) is 6.84. The number of benzene rings is 1. The Hall–Kier alpha value is -0.860. The van der Waals surface area contributed by atoms with E-state index in [1.54, 1.807) is 11.9 Å². The van der Waals surface area contributed by atoms with Crippen LogP contribution in [-0.2, 0) is 18.6 Å². The van der Waals surface area contributed by atoms with Crippen LogP contribution in [0.25, 0.3) is 0 Å². The van der Waals surface area contributed by atoms with Gasteiger partial charge in [0, 0.05) is 38.3 Å². The summed E-state index contributed by atoms with van der Waals surface area (Å²) in [5.41, 5.74) is 1.02. The summed E-state index contributed by atoms with van der Waals surface area (Å²) in [4.78, 5) is 25.1. The molecule has 1 rings (SSSR count). The molecule has 1 aromatic carbocycles. The molecule has 0 fully saturated rings. The number of nitrogens with zero attached hydrogens (tertiary/aromatic N) is 1. The summed E-state index contributed by atoms with van der Waals surface area (Å²) in [7, 11) is 6.32. The van der Waals surface area contributed by atoms with Gasteiger partial charge in [-0.15, -0.1) is 0 Å². The van der Waals surface area contributed by atoms with E-state index < -0.39 is 0 Å². The fourth-order valence-corrected chi connectivity index (χ4v) is 3.49. The number of carbonyl (C=O) groups is 2. The molecule has 0 bridgehead atoms. The molecule has 0 radical (unpaired) electrons. The average molecular weight is 385 g/mol. The van der Waals surface area contributed by atoms with Gasteiger partial charge in [-0.3, -0.25) is 4.79 Å². The van der Waals surface area contributed by atoms with Gasteiger partial charge in [-0.05, 0) is 25.3 Å². The van der Waals surface area contributed by atoms with Crippen molar-refractivity contribution in [3.8, 4) is 0 Å². The van der Waals surface area contributed by atoms with Crippen molar-refractivity contribution in [1.29, 1.82) is 0 Å². The molecule has 0 aromatic heterocycles. The van der Waals surface area contributed by atoms with Crippen molar-refractivity contribution < 1.29 is 18.6 Å². The van der Waals surface area contributed by atoms with Crippen LogP contribution in [0.2, 0.25) is 0 Å². The largest absolute Gasteiger partial charge is 0.362 e. The lowest BCUT2D eigenvalue weighted by molar-refractivity contribution is -0.138. The zero-order chi connectivity index (χ0) is 18.8. The normalized spacial score (nSPS) is 15.9. The maximum atomic E-state index is 12.8. The minimum Gasteiger partial charge on any atom is -0.362 e. The minimum atomic E-state index is -0.226. The molecular formula is C18H29NO4P2. The van der Waals surface area contributed by atoms with Gasteiger partial charge in [0.05, 0.1) is 12.1 Å². The van der Waals surface area contributed by atoms with Crippen molar-refractivity contribution in [2.45, 2.75) is 51.4 Å². The first-order valence-corrected chi connectivity index (χ1v) is 9.36. The monoisotopic (exact) mass is 385 g/mol. The predicted molar refractivity (Wildman–Crippen MR) is 106 cm³/mol. The van der Waals surface area contributed by atoms with Crippen molar-refractivity contribution in [2.24, 2.45) is 5.92 Å². The highest BCUT2D eigenvalue weighted by molar-refractivity contribution is 7.10. The summed E-state index contributed by atoms with van der Waals surface area (Å²) in [5.74, 6) is -0.167. The van der Waals surface area contributed by atoms with Crippen LogP contribution in [-0.4, -0.2) is 36.3 Å². The standard InChI is InChI=1S/C18H29NO4P2/c1-13(12-16(22-24)10-7-11-20)18(21)19(3)14(2)17(23-25)15-8-5-4-6-9-15/h4-6,8-9,11,13-14,16-17H,7,10,12,24-25H2,1-3H3/t13?,14-,16-,17+/m1/s1. The Kier molecular flexibility index (Phi) is 10.4. The zero-order valence-corrected chi connectivity index (χ0v) is 17.4. The van der Waals surface area contributed by atoms with Gasteiger partial charge in [-0.25, -0.2) is 0 Å². The van der Waals surface area contributed by atoms with Gasteiger partial charge >= 0.3 is 0 Å². The van der Waals surface area contributed by atoms with Gasteiger partial charge < -0.3 is 18.7 Å². The van der Waals surface area contributed by atoms with Crippen LogP contribution in [0.4, 0.5) is 0 Å². The highest BCUT2D eigenvalue weighted by Gasteiger charge is 2.29.